The van der Waals surface area contributed by atoms with E-state index in [4.69, 9.17) is 27.9 Å². The van der Waals surface area contributed by atoms with Crippen LogP contribution in [-0.4, -0.2) is 23.0 Å². The van der Waals surface area contributed by atoms with Gasteiger partial charge in [0.1, 0.15) is 5.69 Å². The van der Waals surface area contributed by atoms with E-state index in [9.17, 15) is 9.59 Å². The predicted octanol–water partition coefficient (Wildman–Crippen LogP) is 3.51. The Kier molecular flexibility index (Phi) is 4.88. The van der Waals surface area contributed by atoms with Crippen LogP contribution in [0.5, 0.6) is 0 Å². The molecule has 1 heterocycles. The second kappa shape index (κ2) is 6.65. The summed E-state index contributed by atoms with van der Waals surface area (Å²) in [7, 11) is 0. The number of rotatable bonds is 4. The molecule has 5 nitrogen and oxygen atoms in total. The van der Waals surface area contributed by atoms with Gasteiger partial charge in [0.2, 0.25) is 0 Å². The summed E-state index contributed by atoms with van der Waals surface area (Å²) < 4.78 is 5.04. The lowest BCUT2D eigenvalue weighted by atomic mass is 10.3. The summed E-state index contributed by atoms with van der Waals surface area (Å²) >= 11 is 11.7. The maximum absolute atomic E-state index is 12.0. The summed E-state index contributed by atoms with van der Waals surface area (Å²) in [6.07, 6.45) is 0.633. The molecule has 7 heteroatoms. The highest BCUT2D eigenvalue weighted by atomic mass is 35.5. The van der Waals surface area contributed by atoms with Crippen LogP contribution in [0.15, 0.2) is 36.5 Å². The van der Waals surface area contributed by atoms with Crippen molar-refractivity contribution in [3.05, 3.63) is 52.3 Å². The summed E-state index contributed by atoms with van der Waals surface area (Å²) in [6, 6.07) is 7.86. The average Bonchev–Trinajstić information content (AvgIpc) is 2.91. The fraction of sp³-hybridized carbons (Fsp3) is 0.143. The van der Waals surface area contributed by atoms with Crippen molar-refractivity contribution in [3.63, 3.8) is 0 Å². The molecule has 0 aliphatic heterocycles. The lowest BCUT2D eigenvalue weighted by Crippen LogP contribution is -2.30. The van der Waals surface area contributed by atoms with Gasteiger partial charge < -0.3 is 15.0 Å². The van der Waals surface area contributed by atoms with E-state index in [0.717, 1.165) is 0 Å². The van der Waals surface area contributed by atoms with E-state index in [1.807, 2.05) is 0 Å². The summed E-state index contributed by atoms with van der Waals surface area (Å²) in [5, 5.41) is 3.37. The average molecular weight is 327 g/mol. The second-order valence-electron chi connectivity index (χ2n) is 4.28. The fourth-order valence-electron chi connectivity index (χ4n) is 1.60. The van der Waals surface area contributed by atoms with Gasteiger partial charge in [0.15, 0.2) is 6.10 Å². The maximum Gasteiger partial charge on any atom is 0.355 e. The highest BCUT2D eigenvalue weighted by molar-refractivity contribution is 6.35. The third-order valence-corrected chi connectivity index (χ3v) is 3.04. The Morgan fingerprint density at radius 3 is 2.48 bits per heavy atom. The van der Waals surface area contributed by atoms with Gasteiger partial charge in [-0.2, -0.15) is 0 Å². The number of hydrogen-bond donors (Lipinski definition) is 2. The van der Waals surface area contributed by atoms with Crippen molar-refractivity contribution < 1.29 is 14.3 Å². The lowest BCUT2D eigenvalue weighted by molar-refractivity contribution is -0.123. The number of halogens is 2. The van der Waals surface area contributed by atoms with Crippen LogP contribution in [0.25, 0.3) is 0 Å². The molecule has 21 heavy (non-hydrogen) atoms. The molecule has 0 unspecified atom stereocenters. The zero-order valence-corrected chi connectivity index (χ0v) is 12.5. The van der Waals surface area contributed by atoms with Gasteiger partial charge in [-0.25, -0.2) is 4.79 Å². The van der Waals surface area contributed by atoms with Crippen LogP contribution in [0.3, 0.4) is 0 Å². The largest absolute Gasteiger partial charge is 0.448 e. The smallest absolute Gasteiger partial charge is 0.355 e. The quantitative estimate of drug-likeness (QED) is 0.844. The molecule has 1 atom stereocenters. The molecule has 1 amide bonds. The maximum atomic E-state index is 12.0. The van der Waals surface area contributed by atoms with E-state index in [1.54, 1.807) is 36.5 Å². The number of anilines is 1. The van der Waals surface area contributed by atoms with E-state index < -0.39 is 18.0 Å². The molecule has 110 valence electrons. The highest BCUT2D eigenvalue weighted by Crippen LogP contribution is 2.22. The van der Waals surface area contributed by atoms with Crippen LogP contribution in [0.2, 0.25) is 10.0 Å². The summed E-state index contributed by atoms with van der Waals surface area (Å²) in [5.41, 5.74) is 0.709. The van der Waals surface area contributed by atoms with Crippen molar-refractivity contribution >= 4 is 40.8 Å². The first kappa shape index (κ1) is 15.4. The molecule has 2 aromatic rings. The monoisotopic (exact) mass is 326 g/mol. The first-order chi connectivity index (χ1) is 9.95. The topological polar surface area (TPSA) is 71.2 Å². The number of aromatic amines is 1. The molecule has 0 bridgehead atoms. The standard InChI is InChI=1S/C14H12Cl2N2O3/c1-8(21-14(20)12-3-2-4-17-12)13(19)18-11-6-9(15)5-10(16)7-11/h2-8,17H,1H3,(H,18,19)/t8-/m1/s1. The number of carbonyl (C=O) groups excluding carboxylic acids is 2. The van der Waals surface area contributed by atoms with Crippen molar-refractivity contribution in [2.75, 3.05) is 5.32 Å². The molecule has 0 saturated heterocycles. The number of esters is 1. The summed E-state index contributed by atoms with van der Waals surface area (Å²) in [4.78, 5) is 26.4. The second-order valence-corrected chi connectivity index (χ2v) is 5.15. The number of nitrogens with one attached hydrogen (secondary N) is 2. The van der Waals surface area contributed by atoms with Crippen LogP contribution in [0, 0.1) is 0 Å². The van der Waals surface area contributed by atoms with Crippen molar-refractivity contribution in [2.45, 2.75) is 13.0 Å². The minimum Gasteiger partial charge on any atom is -0.448 e. The Hall–Kier alpha value is -1.98. The predicted molar refractivity (Wildman–Crippen MR) is 80.8 cm³/mol. The Morgan fingerprint density at radius 2 is 1.90 bits per heavy atom. The first-order valence-corrected chi connectivity index (χ1v) is 6.82. The van der Waals surface area contributed by atoms with E-state index in [-0.39, 0.29) is 5.69 Å². The summed E-state index contributed by atoms with van der Waals surface area (Å²) in [5.74, 6) is -1.08. The van der Waals surface area contributed by atoms with Gasteiger partial charge in [-0.05, 0) is 37.3 Å². The van der Waals surface area contributed by atoms with Gasteiger partial charge >= 0.3 is 5.97 Å². The molecule has 0 saturated carbocycles. The molecule has 2 N–H and O–H groups in total. The lowest BCUT2D eigenvalue weighted by Gasteiger charge is -2.13. The molecule has 1 aromatic heterocycles. The van der Waals surface area contributed by atoms with Gasteiger partial charge in [-0.15, -0.1) is 0 Å². The summed E-state index contributed by atoms with van der Waals surface area (Å²) in [6.45, 7) is 1.47. The Bertz CT molecular complexity index is 636. The van der Waals surface area contributed by atoms with Crippen LogP contribution < -0.4 is 5.32 Å². The molecular weight excluding hydrogens is 315 g/mol. The number of carbonyl (C=O) groups is 2. The molecule has 0 radical (unpaired) electrons. The third-order valence-electron chi connectivity index (χ3n) is 2.60. The number of hydrogen-bond acceptors (Lipinski definition) is 3. The number of amides is 1. The first-order valence-electron chi connectivity index (χ1n) is 6.07. The van der Waals surface area contributed by atoms with Crippen LogP contribution in [0.1, 0.15) is 17.4 Å². The van der Waals surface area contributed by atoms with Gasteiger partial charge in [-0.1, -0.05) is 23.2 Å². The zero-order chi connectivity index (χ0) is 15.4. The minimum atomic E-state index is -0.960. The SMILES string of the molecule is C[C@@H](OC(=O)c1ccc[nH]1)C(=O)Nc1cc(Cl)cc(Cl)c1. The number of ether oxygens (including phenoxy) is 1. The Balaban J connectivity index is 1.98. The van der Waals surface area contributed by atoms with E-state index in [2.05, 4.69) is 10.3 Å². The Labute approximate surface area is 131 Å². The van der Waals surface area contributed by atoms with Gasteiger partial charge in [-0.3, -0.25) is 4.79 Å². The van der Waals surface area contributed by atoms with Gasteiger partial charge in [0, 0.05) is 21.9 Å². The van der Waals surface area contributed by atoms with Crippen LogP contribution >= 0.6 is 23.2 Å². The minimum absolute atomic E-state index is 0.278. The van der Waals surface area contributed by atoms with Crippen LogP contribution in [-0.2, 0) is 9.53 Å². The molecule has 0 aliphatic carbocycles. The van der Waals surface area contributed by atoms with Gasteiger partial charge in [0.05, 0.1) is 0 Å². The molecule has 2 rings (SSSR count). The van der Waals surface area contributed by atoms with Gasteiger partial charge in [0.25, 0.3) is 5.91 Å². The highest BCUT2D eigenvalue weighted by Gasteiger charge is 2.19. The number of aromatic nitrogens is 1. The van der Waals surface area contributed by atoms with E-state index in [0.29, 0.717) is 15.7 Å². The van der Waals surface area contributed by atoms with Crippen molar-refractivity contribution in [2.24, 2.45) is 0 Å². The third kappa shape index (κ3) is 4.24. The molecule has 1 aromatic carbocycles. The van der Waals surface area contributed by atoms with Crippen molar-refractivity contribution in [3.8, 4) is 0 Å². The molecule has 0 fully saturated rings. The normalized spacial score (nSPS) is 11.8. The van der Waals surface area contributed by atoms with E-state index >= 15 is 0 Å². The molecular formula is C14H12Cl2N2O3. The Morgan fingerprint density at radius 1 is 1.24 bits per heavy atom. The fourth-order valence-corrected chi connectivity index (χ4v) is 2.13. The van der Waals surface area contributed by atoms with Crippen LogP contribution in [0.4, 0.5) is 5.69 Å². The van der Waals surface area contributed by atoms with E-state index in [1.165, 1.54) is 6.92 Å². The molecule has 0 spiro atoms. The molecule has 0 aliphatic rings. The van der Waals surface area contributed by atoms with Crippen molar-refractivity contribution in [1.29, 1.82) is 0 Å². The zero-order valence-electron chi connectivity index (χ0n) is 11.0. The number of benzene rings is 1. The number of H-pyrrole nitrogens is 1. The van der Waals surface area contributed by atoms with Crippen molar-refractivity contribution in [1.82, 2.24) is 4.98 Å².